The van der Waals surface area contributed by atoms with Gasteiger partial charge in [-0.15, -0.1) is 0 Å². The lowest BCUT2D eigenvalue weighted by molar-refractivity contribution is -0.106. The van der Waals surface area contributed by atoms with Crippen LogP contribution < -0.4 is 15.9 Å². The third-order valence-electron chi connectivity index (χ3n) is 7.33. The molecular weight excluding hydrogens is 488 g/mol. The molecule has 6 rings (SSSR count). The molecule has 0 amide bonds. The Morgan fingerprint density at radius 1 is 1.00 bits per heavy atom. The summed E-state index contributed by atoms with van der Waals surface area (Å²) in [5.41, 5.74) is 0.401. The van der Waals surface area contributed by atoms with Gasteiger partial charge in [0.15, 0.2) is 17.4 Å². The molecule has 2 fully saturated rings. The molecule has 4 heterocycles. The standard InChI is InChI=1S/C27H30N4O5Si/c1-27(2,3)37(18-10-6-4-7-11-18,19-12-8-5-9-13-19)35-14-20-22-23(34-17-33-22)26(36-20)31-16-30-21-24(31)28-15-29-25(21)32/h4-13,15-16,20,22-23,26H,14,17H2,1-3H3,(H,28,29,32)/t20-,22-,23-,26-/m0/s1. The van der Waals surface area contributed by atoms with Crippen molar-refractivity contribution in [3.63, 3.8) is 0 Å². The van der Waals surface area contributed by atoms with Crippen LogP contribution in [0, 0.1) is 0 Å². The molecule has 2 aliphatic heterocycles. The Kier molecular flexibility index (Phi) is 6.08. The number of rotatable bonds is 6. The van der Waals surface area contributed by atoms with Gasteiger partial charge in [0.1, 0.15) is 25.1 Å². The monoisotopic (exact) mass is 518 g/mol. The predicted octanol–water partition coefficient (Wildman–Crippen LogP) is 2.34. The van der Waals surface area contributed by atoms with Crippen LogP contribution in [-0.4, -0.2) is 59.5 Å². The van der Waals surface area contributed by atoms with E-state index in [4.69, 9.17) is 18.6 Å². The van der Waals surface area contributed by atoms with E-state index in [1.165, 1.54) is 16.7 Å². The molecule has 10 heteroatoms. The lowest BCUT2D eigenvalue weighted by atomic mass is 10.1. The first-order chi connectivity index (χ1) is 17.9. The fraction of sp³-hybridized carbons (Fsp3) is 0.370. The van der Waals surface area contributed by atoms with Crippen LogP contribution in [0.15, 0.2) is 78.1 Å². The minimum Gasteiger partial charge on any atom is -0.405 e. The quantitative estimate of drug-likeness (QED) is 0.391. The van der Waals surface area contributed by atoms with Gasteiger partial charge < -0.3 is 23.6 Å². The molecule has 4 aromatic rings. The van der Waals surface area contributed by atoms with Gasteiger partial charge in [-0.3, -0.25) is 9.36 Å². The molecule has 0 aliphatic carbocycles. The molecule has 2 saturated heterocycles. The van der Waals surface area contributed by atoms with Crippen molar-refractivity contribution in [3.05, 3.63) is 83.7 Å². The normalized spacial score (nSPS) is 24.0. The highest BCUT2D eigenvalue weighted by atomic mass is 28.4. The van der Waals surface area contributed by atoms with Gasteiger partial charge in [-0.25, -0.2) is 9.97 Å². The molecule has 4 atom stereocenters. The van der Waals surface area contributed by atoms with Crippen molar-refractivity contribution in [2.45, 2.75) is 50.3 Å². The zero-order valence-corrected chi connectivity index (χ0v) is 22.0. The Bertz CT molecular complexity index is 1400. The Morgan fingerprint density at radius 2 is 1.65 bits per heavy atom. The summed E-state index contributed by atoms with van der Waals surface area (Å²) in [5, 5.41) is 2.24. The average Bonchev–Trinajstić information content (AvgIpc) is 3.62. The van der Waals surface area contributed by atoms with Crippen LogP contribution >= 0.6 is 0 Å². The van der Waals surface area contributed by atoms with E-state index in [9.17, 15) is 4.79 Å². The molecule has 0 spiro atoms. The Balaban J connectivity index is 1.35. The molecule has 192 valence electrons. The molecular formula is C27H30N4O5Si. The molecule has 2 aromatic heterocycles. The fourth-order valence-electron chi connectivity index (χ4n) is 5.66. The van der Waals surface area contributed by atoms with E-state index in [1.807, 2.05) is 12.1 Å². The number of imidazole rings is 1. The maximum Gasteiger partial charge on any atom is 0.278 e. The minimum atomic E-state index is -2.75. The predicted molar refractivity (Wildman–Crippen MR) is 140 cm³/mol. The van der Waals surface area contributed by atoms with Gasteiger partial charge in [0, 0.05) is 0 Å². The molecule has 0 radical (unpaired) electrons. The number of aromatic amines is 1. The van der Waals surface area contributed by atoms with E-state index < -0.39 is 14.5 Å². The number of nitrogens with one attached hydrogen (secondary N) is 1. The fourth-order valence-corrected chi connectivity index (χ4v) is 10.2. The average molecular weight is 519 g/mol. The van der Waals surface area contributed by atoms with Crippen molar-refractivity contribution in [1.82, 2.24) is 19.5 Å². The van der Waals surface area contributed by atoms with Crippen molar-refractivity contribution in [2.75, 3.05) is 13.4 Å². The molecule has 2 aliphatic rings. The SMILES string of the molecule is CC(C)(C)[Si](OC[C@@H]1O[C@H](n2cnc3c(=O)[nH]cnc32)[C@H]2OCO[C@H]21)(c1ccccc1)c1ccccc1. The van der Waals surface area contributed by atoms with Crippen molar-refractivity contribution in [2.24, 2.45) is 0 Å². The van der Waals surface area contributed by atoms with E-state index in [0.717, 1.165) is 0 Å². The smallest absolute Gasteiger partial charge is 0.278 e. The summed E-state index contributed by atoms with van der Waals surface area (Å²) in [6.07, 6.45) is 1.33. The summed E-state index contributed by atoms with van der Waals surface area (Å²) in [6.45, 7) is 7.24. The highest BCUT2D eigenvalue weighted by molar-refractivity contribution is 6.99. The largest absolute Gasteiger partial charge is 0.405 e. The molecule has 0 saturated carbocycles. The van der Waals surface area contributed by atoms with Crippen LogP contribution in [-0.2, 0) is 18.6 Å². The van der Waals surface area contributed by atoms with Crippen LogP contribution in [0.5, 0.6) is 0 Å². The lowest BCUT2D eigenvalue weighted by Crippen LogP contribution is -2.67. The molecule has 9 nitrogen and oxygen atoms in total. The molecule has 1 N–H and O–H groups in total. The summed E-state index contributed by atoms with van der Waals surface area (Å²) in [7, 11) is -2.75. The number of aromatic nitrogens is 4. The Hall–Kier alpha value is -3.15. The zero-order valence-electron chi connectivity index (χ0n) is 21.0. The first-order valence-corrected chi connectivity index (χ1v) is 14.3. The number of nitrogens with zero attached hydrogens (tertiary/aromatic N) is 3. The summed E-state index contributed by atoms with van der Waals surface area (Å²) < 4.78 is 27.3. The maximum atomic E-state index is 12.2. The van der Waals surface area contributed by atoms with E-state index >= 15 is 0 Å². The van der Waals surface area contributed by atoms with Crippen molar-refractivity contribution >= 4 is 29.9 Å². The van der Waals surface area contributed by atoms with E-state index in [2.05, 4.69) is 84.3 Å². The molecule has 0 unspecified atom stereocenters. The van der Waals surface area contributed by atoms with Crippen LogP contribution in [0.3, 0.4) is 0 Å². The van der Waals surface area contributed by atoms with Gasteiger partial charge in [-0.1, -0.05) is 81.4 Å². The highest BCUT2D eigenvalue weighted by Gasteiger charge is 2.54. The third kappa shape index (κ3) is 3.96. The number of ether oxygens (including phenoxy) is 3. The minimum absolute atomic E-state index is 0.161. The summed E-state index contributed by atoms with van der Waals surface area (Å²) in [6, 6.07) is 21.0. The van der Waals surface area contributed by atoms with Gasteiger partial charge in [0.05, 0.1) is 19.3 Å². The molecule has 2 aromatic carbocycles. The maximum absolute atomic E-state index is 12.2. The van der Waals surface area contributed by atoms with E-state index in [0.29, 0.717) is 12.3 Å². The van der Waals surface area contributed by atoms with Crippen LogP contribution in [0.2, 0.25) is 5.04 Å². The number of hydrogen-bond donors (Lipinski definition) is 1. The lowest BCUT2D eigenvalue weighted by Gasteiger charge is -2.43. The topological polar surface area (TPSA) is 100 Å². The zero-order chi connectivity index (χ0) is 25.6. The number of hydrogen-bond acceptors (Lipinski definition) is 7. The van der Waals surface area contributed by atoms with Crippen molar-refractivity contribution in [1.29, 1.82) is 0 Å². The summed E-state index contributed by atoms with van der Waals surface area (Å²) >= 11 is 0. The van der Waals surface area contributed by atoms with E-state index in [1.54, 1.807) is 10.9 Å². The summed E-state index contributed by atoms with van der Waals surface area (Å²) in [4.78, 5) is 23.3. The third-order valence-corrected chi connectivity index (χ3v) is 12.3. The number of benzene rings is 2. The second-order valence-electron chi connectivity index (χ2n) is 10.5. The van der Waals surface area contributed by atoms with Crippen molar-refractivity contribution < 1.29 is 18.6 Å². The second-order valence-corrected chi connectivity index (χ2v) is 14.8. The Morgan fingerprint density at radius 3 is 2.30 bits per heavy atom. The van der Waals surface area contributed by atoms with Crippen LogP contribution in [0.1, 0.15) is 27.0 Å². The van der Waals surface area contributed by atoms with Crippen molar-refractivity contribution in [3.8, 4) is 0 Å². The van der Waals surface area contributed by atoms with Gasteiger partial charge >= 0.3 is 0 Å². The molecule has 0 bridgehead atoms. The van der Waals surface area contributed by atoms with Gasteiger partial charge in [0.25, 0.3) is 13.9 Å². The van der Waals surface area contributed by atoms with E-state index in [-0.39, 0.29) is 41.2 Å². The van der Waals surface area contributed by atoms with Gasteiger partial charge in [-0.2, -0.15) is 0 Å². The first kappa shape index (κ1) is 24.2. The second kappa shape index (κ2) is 9.30. The first-order valence-electron chi connectivity index (χ1n) is 12.4. The van der Waals surface area contributed by atoms with Gasteiger partial charge in [-0.05, 0) is 15.4 Å². The van der Waals surface area contributed by atoms with Gasteiger partial charge in [0.2, 0.25) is 0 Å². The highest BCUT2D eigenvalue weighted by Crippen LogP contribution is 2.41. The Labute approximate surface area is 215 Å². The number of H-pyrrole nitrogens is 1. The van der Waals surface area contributed by atoms with Crippen LogP contribution in [0.4, 0.5) is 0 Å². The van der Waals surface area contributed by atoms with Crippen LogP contribution in [0.25, 0.3) is 11.2 Å². The summed E-state index contributed by atoms with van der Waals surface area (Å²) in [5.74, 6) is 0. The number of fused-ring (bicyclic) bond motifs is 2. The molecule has 37 heavy (non-hydrogen) atoms.